The first-order chi connectivity index (χ1) is 9.10. The summed E-state index contributed by atoms with van der Waals surface area (Å²) in [4.78, 5) is 4.26. The summed E-state index contributed by atoms with van der Waals surface area (Å²) in [6, 6.07) is 9.87. The van der Waals surface area contributed by atoms with Crippen LogP contribution in [0.4, 0.5) is 5.69 Å². The predicted octanol–water partition coefficient (Wildman–Crippen LogP) is 4.46. The van der Waals surface area contributed by atoms with Gasteiger partial charge in [0.1, 0.15) is 17.2 Å². The molecule has 1 N–H and O–H groups in total. The highest BCUT2D eigenvalue weighted by molar-refractivity contribution is 6.31. The summed E-state index contributed by atoms with van der Waals surface area (Å²) < 4.78 is 5.18. The van der Waals surface area contributed by atoms with Crippen molar-refractivity contribution < 1.29 is 9.84 Å². The van der Waals surface area contributed by atoms with E-state index in [4.69, 9.17) is 27.9 Å². The molecule has 0 aliphatic rings. The van der Waals surface area contributed by atoms with Crippen LogP contribution in [0.2, 0.25) is 10.0 Å². The van der Waals surface area contributed by atoms with Crippen LogP contribution in [0.25, 0.3) is 0 Å². The molecule has 3 nitrogen and oxygen atoms in total. The zero-order valence-electron chi connectivity index (χ0n) is 10.1. The highest BCUT2D eigenvalue weighted by atomic mass is 35.5. The largest absolute Gasteiger partial charge is 0.507 e. The van der Waals surface area contributed by atoms with Crippen LogP contribution in [0.3, 0.4) is 0 Å². The minimum Gasteiger partial charge on any atom is -0.507 e. The highest BCUT2D eigenvalue weighted by Crippen LogP contribution is 2.30. The summed E-state index contributed by atoms with van der Waals surface area (Å²) in [5.41, 5.74) is 1.10. The summed E-state index contributed by atoms with van der Waals surface area (Å²) >= 11 is 11.8. The van der Waals surface area contributed by atoms with E-state index >= 15 is 0 Å². The Labute approximate surface area is 121 Å². The molecule has 0 aliphatic carbocycles. The maximum Gasteiger partial charge on any atom is 0.144 e. The van der Waals surface area contributed by atoms with Crippen LogP contribution >= 0.6 is 23.2 Å². The minimum atomic E-state index is 0.106. The van der Waals surface area contributed by atoms with E-state index in [9.17, 15) is 5.11 Å². The SMILES string of the molecule is COc1ccc(Cl)cc1N=Cc1cc(Cl)ccc1O. The molecule has 0 aliphatic heterocycles. The first kappa shape index (κ1) is 13.7. The van der Waals surface area contributed by atoms with Gasteiger partial charge in [0.15, 0.2) is 0 Å². The van der Waals surface area contributed by atoms with Crippen molar-refractivity contribution in [2.45, 2.75) is 0 Å². The fourth-order valence-corrected chi connectivity index (χ4v) is 1.88. The maximum absolute atomic E-state index is 9.69. The topological polar surface area (TPSA) is 41.8 Å². The second kappa shape index (κ2) is 5.95. The number of halogens is 2. The van der Waals surface area contributed by atoms with Crippen molar-refractivity contribution >= 4 is 35.1 Å². The Morgan fingerprint density at radius 1 is 1.11 bits per heavy atom. The fraction of sp³-hybridized carbons (Fsp3) is 0.0714. The van der Waals surface area contributed by atoms with Crippen molar-refractivity contribution in [3.8, 4) is 11.5 Å². The van der Waals surface area contributed by atoms with E-state index in [2.05, 4.69) is 4.99 Å². The zero-order chi connectivity index (χ0) is 13.8. The zero-order valence-corrected chi connectivity index (χ0v) is 11.6. The molecule has 98 valence electrons. The molecule has 0 heterocycles. The first-order valence-corrected chi connectivity index (χ1v) is 6.22. The van der Waals surface area contributed by atoms with E-state index in [1.165, 1.54) is 12.3 Å². The first-order valence-electron chi connectivity index (χ1n) is 5.46. The number of hydrogen-bond acceptors (Lipinski definition) is 3. The molecule has 0 saturated heterocycles. The average Bonchev–Trinajstić information content (AvgIpc) is 2.40. The van der Waals surface area contributed by atoms with Gasteiger partial charge in [0, 0.05) is 21.8 Å². The summed E-state index contributed by atoms with van der Waals surface area (Å²) in [5, 5.41) is 10.8. The van der Waals surface area contributed by atoms with Gasteiger partial charge in [-0.2, -0.15) is 0 Å². The van der Waals surface area contributed by atoms with E-state index in [1.54, 1.807) is 37.4 Å². The van der Waals surface area contributed by atoms with Crippen molar-refractivity contribution in [3.05, 3.63) is 52.0 Å². The van der Waals surface area contributed by atoms with Gasteiger partial charge in [0.25, 0.3) is 0 Å². The van der Waals surface area contributed by atoms with Crippen LogP contribution in [0.5, 0.6) is 11.5 Å². The van der Waals surface area contributed by atoms with Crippen LogP contribution in [-0.4, -0.2) is 18.4 Å². The number of aliphatic imine (C=N–C) groups is 1. The third kappa shape index (κ3) is 3.40. The van der Waals surface area contributed by atoms with Gasteiger partial charge >= 0.3 is 0 Å². The van der Waals surface area contributed by atoms with Crippen LogP contribution in [0.1, 0.15) is 5.56 Å². The lowest BCUT2D eigenvalue weighted by Gasteiger charge is -2.04. The van der Waals surface area contributed by atoms with E-state index in [0.29, 0.717) is 27.0 Å². The molecule has 2 aromatic rings. The van der Waals surface area contributed by atoms with Crippen molar-refractivity contribution in [3.63, 3.8) is 0 Å². The Bertz CT molecular complexity index is 627. The van der Waals surface area contributed by atoms with Gasteiger partial charge in [0.05, 0.1) is 7.11 Å². The van der Waals surface area contributed by atoms with Gasteiger partial charge in [-0.3, -0.25) is 4.99 Å². The van der Waals surface area contributed by atoms with Crippen LogP contribution in [-0.2, 0) is 0 Å². The van der Waals surface area contributed by atoms with E-state index < -0.39 is 0 Å². The van der Waals surface area contributed by atoms with Gasteiger partial charge in [-0.25, -0.2) is 0 Å². The van der Waals surface area contributed by atoms with Crippen molar-refractivity contribution in [1.29, 1.82) is 0 Å². The minimum absolute atomic E-state index is 0.106. The second-order valence-electron chi connectivity index (χ2n) is 3.78. The molecule has 2 rings (SSSR count). The lowest BCUT2D eigenvalue weighted by Crippen LogP contribution is -1.85. The number of nitrogens with zero attached hydrogens (tertiary/aromatic N) is 1. The predicted molar refractivity (Wildman–Crippen MR) is 78.4 cm³/mol. The van der Waals surface area contributed by atoms with E-state index in [1.807, 2.05) is 0 Å². The number of ether oxygens (including phenoxy) is 1. The van der Waals surface area contributed by atoms with Gasteiger partial charge in [-0.1, -0.05) is 23.2 Å². The molecule has 19 heavy (non-hydrogen) atoms. The molecule has 0 aromatic heterocycles. The number of hydrogen-bond donors (Lipinski definition) is 1. The number of phenolic OH excluding ortho intramolecular Hbond substituents is 1. The molecule has 0 radical (unpaired) electrons. The Kier molecular flexibility index (Phi) is 4.30. The van der Waals surface area contributed by atoms with Crippen molar-refractivity contribution in [2.75, 3.05) is 7.11 Å². The van der Waals surface area contributed by atoms with Gasteiger partial charge in [0.2, 0.25) is 0 Å². The van der Waals surface area contributed by atoms with Crippen molar-refractivity contribution in [1.82, 2.24) is 0 Å². The summed E-state index contributed by atoms with van der Waals surface area (Å²) in [6.07, 6.45) is 1.51. The molecule has 0 spiro atoms. The molecule has 0 fully saturated rings. The monoisotopic (exact) mass is 295 g/mol. The Morgan fingerprint density at radius 2 is 1.79 bits per heavy atom. The highest BCUT2D eigenvalue weighted by Gasteiger charge is 2.03. The van der Waals surface area contributed by atoms with Crippen LogP contribution in [0.15, 0.2) is 41.4 Å². The van der Waals surface area contributed by atoms with Gasteiger partial charge in [-0.05, 0) is 36.4 Å². The third-order valence-electron chi connectivity index (χ3n) is 2.47. The van der Waals surface area contributed by atoms with Gasteiger partial charge < -0.3 is 9.84 Å². The number of phenols is 1. The Balaban J connectivity index is 2.37. The number of aromatic hydroxyl groups is 1. The number of benzene rings is 2. The molecule has 0 saturated carbocycles. The maximum atomic E-state index is 9.69. The molecule has 5 heteroatoms. The lowest BCUT2D eigenvalue weighted by atomic mass is 10.2. The summed E-state index contributed by atoms with van der Waals surface area (Å²) in [7, 11) is 1.55. The van der Waals surface area contributed by atoms with E-state index in [-0.39, 0.29) is 5.75 Å². The molecular formula is C14H11Cl2NO2. The fourth-order valence-electron chi connectivity index (χ4n) is 1.53. The van der Waals surface area contributed by atoms with Crippen molar-refractivity contribution in [2.24, 2.45) is 4.99 Å². The standard InChI is InChI=1S/C14H11Cl2NO2/c1-19-14-5-3-11(16)7-12(14)17-8-9-6-10(15)2-4-13(9)18/h2-8,18H,1H3. The molecule has 2 aromatic carbocycles. The Hall–Kier alpha value is -1.71. The molecule has 0 unspecified atom stereocenters. The van der Waals surface area contributed by atoms with E-state index in [0.717, 1.165) is 0 Å². The quantitative estimate of drug-likeness (QED) is 0.850. The molecule has 0 amide bonds. The average molecular weight is 296 g/mol. The molecule has 0 atom stereocenters. The molecule has 0 bridgehead atoms. The lowest BCUT2D eigenvalue weighted by molar-refractivity contribution is 0.416. The van der Waals surface area contributed by atoms with Crippen LogP contribution < -0.4 is 4.74 Å². The van der Waals surface area contributed by atoms with Crippen LogP contribution in [0, 0.1) is 0 Å². The normalized spacial score (nSPS) is 10.9. The smallest absolute Gasteiger partial charge is 0.144 e. The summed E-state index contributed by atoms with van der Waals surface area (Å²) in [6.45, 7) is 0. The van der Waals surface area contributed by atoms with Gasteiger partial charge in [-0.15, -0.1) is 0 Å². The summed E-state index contributed by atoms with van der Waals surface area (Å²) in [5.74, 6) is 0.705. The Morgan fingerprint density at radius 3 is 2.53 bits per heavy atom. The number of rotatable bonds is 3. The molecular weight excluding hydrogens is 285 g/mol. The third-order valence-corrected chi connectivity index (χ3v) is 2.94. The second-order valence-corrected chi connectivity index (χ2v) is 4.65. The number of methoxy groups -OCH3 is 1.